The molecule has 1 aliphatic heterocycles. The Morgan fingerprint density at radius 1 is 0.806 bits per heavy atom. The van der Waals surface area contributed by atoms with Crippen molar-refractivity contribution >= 4 is 30.3 Å². The molecule has 4 rings (SSSR count). The molecule has 3 nitrogen and oxygen atoms in total. The van der Waals surface area contributed by atoms with E-state index in [0.717, 1.165) is 18.5 Å². The van der Waals surface area contributed by atoms with Crippen LogP contribution in [-0.4, -0.2) is 26.9 Å². The highest BCUT2D eigenvalue weighted by Crippen LogP contribution is 2.39. The number of hydrogen-bond donors (Lipinski definition) is 0. The summed E-state index contributed by atoms with van der Waals surface area (Å²) in [6, 6.07) is 29.9. The van der Waals surface area contributed by atoms with Gasteiger partial charge >= 0.3 is 0 Å². The Hall–Kier alpha value is -2.69. The molecule has 1 heterocycles. The quantitative estimate of drug-likeness (QED) is 0.365. The molecule has 190 valence electrons. The maximum Gasteiger partial charge on any atom is 0.261 e. The number of benzene rings is 3. The fraction of sp³-hybridized carbons (Fsp3) is 0.406. The molecule has 1 aliphatic rings. The monoisotopic (exact) mass is 499 g/mol. The van der Waals surface area contributed by atoms with Gasteiger partial charge in [0, 0.05) is 12.1 Å². The fourth-order valence-electron chi connectivity index (χ4n) is 5.73. The fourth-order valence-corrected chi connectivity index (χ4v) is 10.3. The van der Waals surface area contributed by atoms with Gasteiger partial charge in [-0.3, -0.25) is 4.79 Å². The Balaban J connectivity index is 1.78. The summed E-state index contributed by atoms with van der Waals surface area (Å²) in [7, 11) is -2.67. The number of piperidine rings is 1. The van der Waals surface area contributed by atoms with Gasteiger partial charge in [-0.15, -0.1) is 0 Å². The second kappa shape index (κ2) is 10.4. The third kappa shape index (κ3) is 5.07. The number of nitrogens with zero attached hydrogens (tertiary/aromatic N) is 1. The largest absolute Gasteiger partial charge is 0.405 e. The lowest BCUT2D eigenvalue weighted by atomic mass is 9.84. The van der Waals surface area contributed by atoms with E-state index in [2.05, 4.69) is 125 Å². The van der Waals surface area contributed by atoms with E-state index < -0.39 is 8.32 Å². The summed E-state index contributed by atoms with van der Waals surface area (Å²) in [5.74, 6) is 0.203. The van der Waals surface area contributed by atoms with Crippen molar-refractivity contribution in [1.82, 2.24) is 0 Å². The Kier molecular flexibility index (Phi) is 7.58. The predicted molar refractivity (Wildman–Crippen MR) is 154 cm³/mol. The van der Waals surface area contributed by atoms with Crippen LogP contribution < -0.4 is 15.3 Å². The third-order valence-electron chi connectivity index (χ3n) is 7.44. The lowest BCUT2D eigenvalue weighted by Crippen LogP contribution is -2.67. The molecule has 3 aromatic rings. The van der Waals surface area contributed by atoms with Gasteiger partial charge in [0.2, 0.25) is 5.91 Å². The van der Waals surface area contributed by atoms with E-state index in [9.17, 15) is 4.79 Å². The molecule has 0 radical (unpaired) electrons. The van der Waals surface area contributed by atoms with Crippen LogP contribution in [0.5, 0.6) is 0 Å². The van der Waals surface area contributed by atoms with E-state index in [1.54, 1.807) is 0 Å². The molecule has 0 aliphatic carbocycles. The van der Waals surface area contributed by atoms with Gasteiger partial charge in [0.15, 0.2) is 0 Å². The standard InChI is InChI=1S/C32H41NO2Si/c1-31(2,3)28-21-13-14-22-29(28)33-25(16-15-23-30(33)34)24-35-36(32(4,5)6,26-17-9-7-10-18-26)27-19-11-8-12-20-27/h7-14,17-22,25H,15-16,23-24H2,1-6H3. The van der Waals surface area contributed by atoms with Crippen molar-refractivity contribution in [3.8, 4) is 0 Å². The average Bonchev–Trinajstić information content (AvgIpc) is 2.84. The third-order valence-corrected chi connectivity index (χ3v) is 12.4. The van der Waals surface area contributed by atoms with Crippen LogP contribution in [0.3, 0.4) is 0 Å². The maximum absolute atomic E-state index is 13.4. The van der Waals surface area contributed by atoms with Gasteiger partial charge in [-0.25, -0.2) is 0 Å². The first-order valence-electron chi connectivity index (χ1n) is 13.2. The van der Waals surface area contributed by atoms with E-state index in [1.807, 2.05) is 6.07 Å². The summed E-state index contributed by atoms with van der Waals surface area (Å²) in [6.45, 7) is 14.1. The molecule has 0 N–H and O–H groups in total. The smallest absolute Gasteiger partial charge is 0.261 e. The van der Waals surface area contributed by atoms with Crippen molar-refractivity contribution in [3.05, 3.63) is 90.5 Å². The summed E-state index contributed by atoms with van der Waals surface area (Å²) in [5, 5.41) is 2.45. The molecule has 0 aromatic heterocycles. The Morgan fingerprint density at radius 2 is 1.33 bits per heavy atom. The minimum Gasteiger partial charge on any atom is -0.405 e. The zero-order chi connectivity index (χ0) is 26.0. The van der Waals surface area contributed by atoms with E-state index in [0.29, 0.717) is 13.0 Å². The molecule has 0 bridgehead atoms. The highest BCUT2D eigenvalue weighted by Gasteiger charge is 2.50. The van der Waals surface area contributed by atoms with Crippen molar-refractivity contribution in [2.75, 3.05) is 11.5 Å². The number of para-hydroxylation sites is 1. The van der Waals surface area contributed by atoms with Gasteiger partial charge in [0.25, 0.3) is 8.32 Å². The normalized spacial score (nSPS) is 17.3. The molecule has 1 amide bonds. The number of anilines is 1. The molecule has 4 heteroatoms. The second-order valence-electron chi connectivity index (χ2n) is 12.1. The van der Waals surface area contributed by atoms with Crippen LogP contribution in [0.15, 0.2) is 84.9 Å². The van der Waals surface area contributed by atoms with Crippen LogP contribution in [0.4, 0.5) is 5.69 Å². The predicted octanol–water partition coefficient (Wildman–Crippen LogP) is 6.45. The van der Waals surface area contributed by atoms with Crippen molar-refractivity contribution < 1.29 is 9.22 Å². The molecule has 0 spiro atoms. The zero-order valence-corrected chi connectivity index (χ0v) is 23.8. The first-order valence-corrected chi connectivity index (χ1v) is 15.1. The number of hydrogen-bond acceptors (Lipinski definition) is 2. The van der Waals surface area contributed by atoms with Crippen LogP contribution in [0.1, 0.15) is 66.4 Å². The van der Waals surface area contributed by atoms with Crippen molar-refractivity contribution in [2.45, 2.75) is 77.3 Å². The molecular formula is C32H41NO2Si. The van der Waals surface area contributed by atoms with Gasteiger partial charge in [-0.05, 0) is 45.3 Å². The zero-order valence-electron chi connectivity index (χ0n) is 22.8. The minimum absolute atomic E-state index is 0.0106. The summed E-state index contributed by atoms with van der Waals surface area (Å²) in [4.78, 5) is 15.5. The van der Waals surface area contributed by atoms with Crippen LogP contribution in [0, 0.1) is 0 Å². The molecule has 1 saturated heterocycles. The average molecular weight is 500 g/mol. The van der Waals surface area contributed by atoms with E-state index >= 15 is 0 Å². The van der Waals surface area contributed by atoms with E-state index in [1.165, 1.54) is 15.9 Å². The van der Waals surface area contributed by atoms with Crippen LogP contribution in [0.2, 0.25) is 5.04 Å². The van der Waals surface area contributed by atoms with Crippen LogP contribution >= 0.6 is 0 Å². The van der Waals surface area contributed by atoms with Crippen LogP contribution in [-0.2, 0) is 14.6 Å². The van der Waals surface area contributed by atoms with E-state index in [4.69, 9.17) is 4.43 Å². The molecule has 1 unspecified atom stereocenters. The van der Waals surface area contributed by atoms with E-state index in [-0.39, 0.29) is 22.4 Å². The topological polar surface area (TPSA) is 29.5 Å². The van der Waals surface area contributed by atoms with Crippen molar-refractivity contribution in [3.63, 3.8) is 0 Å². The van der Waals surface area contributed by atoms with Gasteiger partial charge in [0.05, 0.1) is 12.6 Å². The number of amides is 1. The molecule has 1 fully saturated rings. The van der Waals surface area contributed by atoms with Gasteiger partial charge in [0.1, 0.15) is 0 Å². The summed E-state index contributed by atoms with van der Waals surface area (Å²) >= 11 is 0. The first-order chi connectivity index (χ1) is 17.1. The SMILES string of the molecule is CC(C)(C)c1ccccc1N1C(=O)CCCC1CO[Si](c1ccccc1)(c1ccccc1)C(C)(C)C. The molecular weight excluding hydrogens is 458 g/mol. The van der Waals surface area contributed by atoms with Crippen LogP contribution in [0.25, 0.3) is 0 Å². The minimum atomic E-state index is -2.67. The molecule has 1 atom stereocenters. The first kappa shape index (κ1) is 26.4. The Morgan fingerprint density at radius 3 is 1.86 bits per heavy atom. The lowest BCUT2D eigenvalue weighted by molar-refractivity contribution is -0.120. The molecule has 3 aromatic carbocycles. The van der Waals surface area contributed by atoms with Crippen molar-refractivity contribution in [2.24, 2.45) is 0 Å². The second-order valence-corrected chi connectivity index (χ2v) is 16.4. The Labute approximate surface area is 218 Å². The number of carbonyl (C=O) groups excluding carboxylic acids is 1. The highest BCUT2D eigenvalue weighted by molar-refractivity contribution is 6.99. The Bertz CT molecular complexity index is 1120. The number of rotatable bonds is 6. The lowest BCUT2D eigenvalue weighted by Gasteiger charge is -2.45. The van der Waals surface area contributed by atoms with Gasteiger partial charge in [-0.2, -0.15) is 0 Å². The summed E-state index contributed by atoms with van der Waals surface area (Å²) < 4.78 is 7.28. The summed E-state index contributed by atoms with van der Waals surface area (Å²) in [5.41, 5.74) is 2.18. The maximum atomic E-state index is 13.4. The molecule has 36 heavy (non-hydrogen) atoms. The highest BCUT2D eigenvalue weighted by atomic mass is 28.4. The molecule has 0 saturated carbocycles. The summed E-state index contributed by atoms with van der Waals surface area (Å²) in [6.07, 6.45) is 2.44. The van der Waals surface area contributed by atoms with Gasteiger partial charge < -0.3 is 9.33 Å². The number of carbonyl (C=O) groups is 1. The van der Waals surface area contributed by atoms with Crippen molar-refractivity contribution in [1.29, 1.82) is 0 Å². The van der Waals surface area contributed by atoms with Gasteiger partial charge in [-0.1, -0.05) is 120 Å².